The predicted molar refractivity (Wildman–Crippen MR) is 104 cm³/mol. The van der Waals surface area contributed by atoms with Crippen LogP contribution in [-0.2, 0) is 10.9 Å². The third kappa shape index (κ3) is 4.88. The lowest BCUT2D eigenvalue weighted by molar-refractivity contribution is -0.138. The van der Waals surface area contributed by atoms with Gasteiger partial charge in [0.1, 0.15) is 17.2 Å². The number of likely N-dealkylation sites (tertiary alicyclic amines) is 1. The Kier molecular flexibility index (Phi) is 6.07. The first-order valence-corrected chi connectivity index (χ1v) is 10.0. The molecule has 2 aromatic rings. The Morgan fingerprint density at radius 3 is 2.57 bits per heavy atom. The summed E-state index contributed by atoms with van der Waals surface area (Å²) in [5.74, 6) is -1.52. The minimum atomic E-state index is -4.81. The lowest BCUT2D eigenvalue weighted by Crippen LogP contribution is -2.36. The van der Waals surface area contributed by atoms with Crippen LogP contribution in [0.2, 0.25) is 5.28 Å². The summed E-state index contributed by atoms with van der Waals surface area (Å²) in [5.41, 5.74) is -2.32. The third-order valence-corrected chi connectivity index (χ3v) is 5.13. The molecule has 0 N–H and O–H groups in total. The van der Waals surface area contributed by atoms with E-state index in [0.29, 0.717) is 19.0 Å². The van der Waals surface area contributed by atoms with E-state index in [-0.39, 0.29) is 23.1 Å². The highest BCUT2D eigenvalue weighted by Gasteiger charge is 2.37. The number of hydrogen-bond acceptors (Lipinski definition) is 5. The van der Waals surface area contributed by atoms with E-state index in [0.717, 1.165) is 0 Å². The lowest BCUT2D eigenvalue weighted by Gasteiger charge is -2.24. The highest BCUT2D eigenvalue weighted by molar-refractivity contribution is 9.10. The van der Waals surface area contributed by atoms with E-state index < -0.39 is 45.3 Å². The fourth-order valence-corrected chi connectivity index (χ4v) is 3.61. The maximum atomic E-state index is 14.6. The summed E-state index contributed by atoms with van der Waals surface area (Å²) in [6.45, 7) is 5.64. The fourth-order valence-electron chi connectivity index (χ4n) is 2.92. The van der Waals surface area contributed by atoms with E-state index in [9.17, 15) is 22.4 Å². The Balaban J connectivity index is 1.91. The number of hydrogen-bond donors (Lipinski definition) is 0. The SMILES string of the molecule is CC(C)(C)OC(=O)N1CC[C@@H](Oc2nc(Cl)nc3c(F)c(Br)c(C(F)(F)F)cc23)C1. The van der Waals surface area contributed by atoms with E-state index in [4.69, 9.17) is 21.1 Å². The number of nitrogens with zero attached hydrogens (tertiary/aromatic N) is 3. The summed E-state index contributed by atoms with van der Waals surface area (Å²) < 4.78 is 64.7. The first kappa shape index (κ1) is 22.8. The number of alkyl halides is 3. The Bertz CT molecular complexity index is 998. The molecule has 1 amide bonds. The predicted octanol–water partition coefficient (Wildman–Crippen LogP) is 5.59. The van der Waals surface area contributed by atoms with Crippen molar-refractivity contribution in [3.05, 3.63) is 27.2 Å². The second-order valence-electron chi connectivity index (χ2n) is 7.70. The molecular formula is C18H17BrClF4N3O3. The molecule has 0 saturated carbocycles. The van der Waals surface area contributed by atoms with Gasteiger partial charge in [0, 0.05) is 13.0 Å². The highest BCUT2D eigenvalue weighted by atomic mass is 79.9. The van der Waals surface area contributed by atoms with Crippen molar-refractivity contribution in [2.75, 3.05) is 13.1 Å². The number of carbonyl (C=O) groups excluding carboxylic acids is 1. The van der Waals surface area contributed by atoms with Crippen molar-refractivity contribution in [2.24, 2.45) is 0 Å². The quantitative estimate of drug-likeness (QED) is 0.386. The van der Waals surface area contributed by atoms with Gasteiger partial charge in [-0.15, -0.1) is 0 Å². The number of halogens is 6. The van der Waals surface area contributed by atoms with Gasteiger partial charge in [-0.25, -0.2) is 14.2 Å². The van der Waals surface area contributed by atoms with Crippen molar-refractivity contribution in [1.82, 2.24) is 14.9 Å². The van der Waals surface area contributed by atoms with Crippen molar-refractivity contribution in [1.29, 1.82) is 0 Å². The Morgan fingerprint density at radius 2 is 1.97 bits per heavy atom. The van der Waals surface area contributed by atoms with Crippen molar-refractivity contribution in [3.63, 3.8) is 0 Å². The topological polar surface area (TPSA) is 64.5 Å². The fraction of sp³-hybridized carbons (Fsp3) is 0.500. The monoisotopic (exact) mass is 513 g/mol. The summed E-state index contributed by atoms with van der Waals surface area (Å²) in [4.78, 5) is 21.1. The van der Waals surface area contributed by atoms with E-state index in [1.54, 1.807) is 20.8 Å². The van der Waals surface area contributed by atoms with Gasteiger partial charge < -0.3 is 14.4 Å². The van der Waals surface area contributed by atoms with Gasteiger partial charge in [0.05, 0.1) is 22.0 Å². The molecule has 3 rings (SSSR count). The molecule has 6 nitrogen and oxygen atoms in total. The average Bonchev–Trinajstić information content (AvgIpc) is 3.04. The molecule has 2 heterocycles. The van der Waals surface area contributed by atoms with Gasteiger partial charge >= 0.3 is 12.3 Å². The summed E-state index contributed by atoms with van der Waals surface area (Å²) in [7, 11) is 0. The van der Waals surface area contributed by atoms with Gasteiger partial charge in [-0.2, -0.15) is 18.2 Å². The Morgan fingerprint density at radius 1 is 1.30 bits per heavy atom. The van der Waals surface area contributed by atoms with Gasteiger partial charge in [-0.05, 0) is 54.4 Å². The minimum absolute atomic E-state index is 0.128. The average molecular weight is 515 g/mol. The highest BCUT2D eigenvalue weighted by Crippen LogP contribution is 2.41. The number of benzene rings is 1. The van der Waals surface area contributed by atoms with E-state index in [1.165, 1.54) is 4.90 Å². The van der Waals surface area contributed by atoms with Crippen LogP contribution in [0.15, 0.2) is 10.5 Å². The molecule has 0 aliphatic carbocycles. The molecule has 0 spiro atoms. The number of carbonyl (C=O) groups is 1. The summed E-state index contributed by atoms with van der Waals surface area (Å²) in [6.07, 6.45) is -5.56. The second kappa shape index (κ2) is 7.99. The smallest absolute Gasteiger partial charge is 0.417 e. The zero-order valence-electron chi connectivity index (χ0n) is 16.1. The molecule has 12 heteroatoms. The van der Waals surface area contributed by atoms with Crippen LogP contribution < -0.4 is 4.74 Å². The number of aromatic nitrogens is 2. The van der Waals surface area contributed by atoms with Crippen molar-refractivity contribution in [3.8, 4) is 5.88 Å². The number of amides is 1. The number of ether oxygens (including phenoxy) is 2. The molecule has 1 aromatic carbocycles. The molecule has 1 aliphatic heterocycles. The summed E-state index contributed by atoms with van der Waals surface area (Å²) in [6, 6.07) is 0.703. The molecule has 1 atom stereocenters. The van der Waals surface area contributed by atoms with E-state index in [2.05, 4.69) is 25.9 Å². The van der Waals surface area contributed by atoms with Crippen molar-refractivity contribution in [2.45, 2.75) is 45.1 Å². The van der Waals surface area contributed by atoms with Crippen LogP contribution in [0.4, 0.5) is 22.4 Å². The van der Waals surface area contributed by atoms with Crippen LogP contribution >= 0.6 is 27.5 Å². The van der Waals surface area contributed by atoms with Gasteiger partial charge in [-0.3, -0.25) is 0 Å². The molecular weight excluding hydrogens is 498 g/mol. The van der Waals surface area contributed by atoms with Gasteiger partial charge in [-0.1, -0.05) is 0 Å². The normalized spacial score (nSPS) is 17.5. The third-order valence-electron chi connectivity index (χ3n) is 4.19. The molecule has 1 aliphatic rings. The number of fused-ring (bicyclic) bond motifs is 1. The standard InChI is InChI=1S/C18H17BrClF4N3O3/c1-17(2,3)30-16(28)27-5-4-8(7-27)29-14-9-6-10(18(22,23)24)11(19)12(21)13(9)25-15(20)26-14/h6,8H,4-5,7H2,1-3H3/t8-/m1/s1. The van der Waals surface area contributed by atoms with Crippen LogP contribution in [0.3, 0.4) is 0 Å². The maximum Gasteiger partial charge on any atom is 0.417 e. The molecule has 0 radical (unpaired) electrons. The first-order chi connectivity index (χ1) is 13.8. The zero-order valence-corrected chi connectivity index (χ0v) is 18.5. The molecule has 1 saturated heterocycles. The summed E-state index contributed by atoms with van der Waals surface area (Å²) in [5, 5.41) is -0.659. The molecule has 0 unspecified atom stereocenters. The van der Waals surface area contributed by atoms with Crippen LogP contribution in [0.5, 0.6) is 5.88 Å². The van der Waals surface area contributed by atoms with E-state index in [1.807, 2.05) is 0 Å². The van der Waals surface area contributed by atoms with Gasteiger partial charge in [0.15, 0.2) is 5.82 Å². The minimum Gasteiger partial charge on any atom is -0.472 e. The van der Waals surface area contributed by atoms with Crippen LogP contribution in [-0.4, -0.2) is 45.8 Å². The van der Waals surface area contributed by atoms with E-state index >= 15 is 0 Å². The first-order valence-electron chi connectivity index (χ1n) is 8.83. The van der Waals surface area contributed by atoms with Crippen LogP contribution in [0.1, 0.15) is 32.8 Å². The molecule has 30 heavy (non-hydrogen) atoms. The largest absolute Gasteiger partial charge is 0.472 e. The molecule has 1 aromatic heterocycles. The van der Waals surface area contributed by atoms with Gasteiger partial charge in [0.25, 0.3) is 0 Å². The molecule has 1 fully saturated rings. The van der Waals surface area contributed by atoms with Gasteiger partial charge in [0.2, 0.25) is 11.2 Å². The molecule has 164 valence electrons. The summed E-state index contributed by atoms with van der Waals surface area (Å²) >= 11 is 8.45. The van der Waals surface area contributed by atoms with Crippen molar-refractivity contribution >= 4 is 44.5 Å². The maximum absolute atomic E-state index is 14.6. The lowest BCUT2D eigenvalue weighted by atomic mass is 10.1. The van der Waals surface area contributed by atoms with Crippen LogP contribution in [0, 0.1) is 5.82 Å². The van der Waals surface area contributed by atoms with Crippen LogP contribution in [0.25, 0.3) is 10.9 Å². The van der Waals surface area contributed by atoms with Crippen molar-refractivity contribution < 1.29 is 31.8 Å². The Labute approximate surface area is 182 Å². The second-order valence-corrected chi connectivity index (χ2v) is 8.83. The Hall–Kier alpha value is -1.88. The molecule has 0 bridgehead atoms. The number of rotatable bonds is 2. The zero-order chi connectivity index (χ0) is 22.4.